The third kappa shape index (κ3) is 4.44. The number of imidazole rings is 1. The minimum Gasteiger partial charge on any atom is -0.371 e. The number of pyridine rings is 1. The van der Waals surface area contributed by atoms with Crippen LogP contribution in [0, 0.1) is 18.3 Å². The van der Waals surface area contributed by atoms with E-state index in [4.69, 9.17) is 4.98 Å². The smallest absolute Gasteiger partial charge is 0.157 e. The lowest BCUT2D eigenvalue weighted by molar-refractivity contribution is 0.303. The fraction of sp³-hybridized carbons (Fsp3) is 0.520. The molecular weight excluding hydrogens is 370 g/mol. The molecule has 2 heterocycles. The van der Waals surface area contributed by atoms with Gasteiger partial charge in [-0.05, 0) is 69.1 Å². The van der Waals surface area contributed by atoms with Crippen LogP contribution in [0.15, 0.2) is 24.3 Å². The first-order valence-electron chi connectivity index (χ1n) is 11.4. The van der Waals surface area contributed by atoms with Gasteiger partial charge < -0.3 is 10.2 Å². The van der Waals surface area contributed by atoms with Crippen molar-refractivity contribution in [2.45, 2.75) is 59.8 Å². The minimum atomic E-state index is 0.700. The third-order valence-electron chi connectivity index (χ3n) is 6.10. The summed E-state index contributed by atoms with van der Waals surface area (Å²) < 4.78 is 2.18. The van der Waals surface area contributed by atoms with Gasteiger partial charge in [-0.2, -0.15) is 5.26 Å². The van der Waals surface area contributed by atoms with Crippen molar-refractivity contribution in [3.05, 3.63) is 41.0 Å². The van der Waals surface area contributed by atoms with Crippen LogP contribution >= 0.6 is 0 Å². The summed E-state index contributed by atoms with van der Waals surface area (Å²) in [6.45, 7) is 12.9. The van der Waals surface area contributed by atoms with Gasteiger partial charge in [0, 0.05) is 6.54 Å². The number of rotatable bonds is 11. The van der Waals surface area contributed by atoms with Gasteiger partial charge in [0.25, 0.3) is 0 Å². The van der Waals surface area contributed by atoms with E-state index in [1.165, 1.54) is 18.4 Å². The number of unbranched alkanes of at least 4 members (excludes halogenated alkanes) is 2. The molecule has 0 atom stereocenters. The van der Waals surface area contributed by atoms with Crippen LogP contribution in [0.1, 0.15) is 63.1 Å². The molecule has 0 spiro atoms. The predicted molar refractivity (Wildman–Crippen MR) is 126 cm³/mol. The Morgan fingerprint density at radius 3 is 2.57 bits per heavy atom. The van der Waals surface area contributed by atoms with Crippen LogP contribution in [0.4, 0.5) is 5.82 Å². The van der Waals surface area contributed by atoms with Crippen molar-refractivity contribution in [1.29, 1.82) is 5.26 Å². The molecule has 0 bridgehead atoms. The van der Waals surface area contributed by atoms with Crippen molar-refractivity contribution in [3.8, 4) is 6.07 Å². The Morgan fingerprint density at radius 1 is 1.10 bits per heavy atom. The standard InChI is InChI=1S/C25H35N5/c1-5-8-9-13-20-19(4)21(18-26)25-28-22-14-10-11-15-23(22)30(25)24(20)27-16-12-17-29(6-2)7-3/h10-11,14-15,27H,5-9,12-13,16-17H2,1-4H3. The molecular formula is C25H35N5. The van der Waals surface area contributed by atoms with Crippen LogP contribution in [-0.2, 0) is 6.42 Å². The quantitative estimate of drug-likeness (QED) is 0.425. The largest absolute Gasteiger partial charge is 0.371 e. The number of nitrogens with one attached hydrogen (secondary N) is 1. The zero-order chi connectivity index (χ0) is 21.5. The van der Waals surface area contributed by atoms with Gasteiger partial charge in [0.15, 0.2) is 5.65 Å². The molecule has 3 aromatic rings. The normalized spacial score (nSPS) is 11.5. The topological polar surface area (TPSA) is 56.4 Å². The van der Waals surface area contributed by atoms with Gasteiger partial charge in [0.05, 0.1) is 16.6 Å². The SMILES string of the molecule is CCCCCc1c(C)c(C#N)c2nc3ccccc3n2c1NCCCN(CC)CC. The Labute approximate surface area is 180 Å². The molecule has 0 saturated carbocycles. The molecule has 0 unspecified atom stereocenters. The second-order valence-electron chi connectivity index (χ2n) is 7.96. The number of anilines is 1. The van der Waals surface area contributed by atoms with Crippen LogP contribution in [0.25, 0.3) is 16.7 Å². The summed E-state index contributed by atoms with van der Waals surface area (Å²) in [5.41, 5.74) is 5.80. The van der Waals surface area contributed by atoms with E-state index in [1.54, 1.807) is 0 Å². The monoisotopic (exact) mass is 405 g/mol. The maximum absolute atomic E-state index is 9.93. The fourth-order valence-corrected chi connectivity index (χ4v) is 4.28. The predicted octanol–water partition coefficient (Wildman–Crippen LogP) is 5.54. The first kappa shape index (κ1) is 22.1. The number of hydrogen-bond donors (Lipinski definition) is 1. The number of aromatic nitrogens is 2. The van der Waals surface area contributed by atoms with Gasteiger partial charge in [-0.25, -0.2) is 4.98 Å². The Morgan fingerprint density at radius 2 is 1.87 bits per heavy atom. The molecule has 160 valence electrons. The molecule has 0 radical (unpaired) electrons. The van der Waals surface area contributed by atoms with Crippen LogP contribution in [0.5, 0.6) is 0 Å². The van der Waals surface area contributed by atoms with E-state index < -0.39 is 0 Å². The van der Waals surface area contributed by atoms with Crippen LogP contribution in [0.3, 0.4) is 0 Å². The van der Waals surface area contributed by atoms with Crippen molar-refractivity contribution in [2.24, 2.45) is 0 Å². The molecule has 3 rings (SSSR count). The van der Waals surface area contributed by atoms with Crippen molar-refractivity contribution in [2.75, 3.05) is 31.5 Å². The maximum atomic E-state index is 9.93. The van der Waals surface area contributed by atoms with Crippen LogP contribution in [0.2, 0.25) is 0 Å². The molecule has 5 heteroatoms. The molecule has 0 fully saturated rings. The zero-order valence-corrected chi connectivity index (χ0v) is 19.0. The number of fused-ring (bicyclic) bond motifs is 3. The summed E-state index contributed by atoms with van der Waals surface area (Å²) in [4.78, 5) is 7.27. The molecule has 0 aliphatic rings. The Balaban J connectivity index is 2.06. The minimum absolute atomic E-state index is 0.700. The second-order valence-corrected chi connectivity index (χ2v) is 7.96. The van der Waals surface area contributed by atoms with E-state index in [0.717, 1.165) is 73.5 Å². The molecule has 0 aliphatic carbocycles. The maximum Gasteiger partial charge on any atom is 0.157 e. The van der Waals surface area contributed by atoms with Gasteiger partial charge in [0.2, 0.25) is 0 Å². The van der Waals surface area contributed by atoms with Crippen molar-refractivity contribution in [1.82, 2.24) is 14.3 Å². The Hall–Kier alpha value is -2.58. The Kier molecular flexibility index (Phi) is 7.70. The first-order chi connectivity index (χ1) is 14.7. The summed E-state index contributed by atoms with van der Waals surface area (Å²) in [6.07, 6.45) is 5.59. The molecule has 1 aromatic carbocycles. The van der Waals surface area contributed by atoms with E-state index in [1.807, 2.05) is 18.2 Å². The Bertz CT molecular complexity index is 1020. The van der Waals surface area contributed by atoms with Crippen LogP contribution < -0.4 is 5.32 Å². The highest BCUT2D eigenvalue weighted by Crippen LogP contribution is 2.32. The number of benzene rings is 1. The lowest BCUT2D eigenvalue weighted by Crippen LogP contribution is -2.25. The highest BCUT2D eigenvalue weighted by Gasteiger charge is 2.20. The van der Waals surface area contributed by atoms with E-state index in [2.05, 4.69) is 54.4 Å². The lowest BCUT2D eigenvalue weighted by Gasteiger charge is -2.21. The average Bonchev–Trinajstić information content (AvgIpc) is 3.14. The van der Waals surface area contributed by atoms with Crippen molar-refractivity contribution < 1.29 is 0 Å². The summed E-state index contributed by atoms with van der Waals surface area (Å²) in [7, 11) is 0. The molecule has 30 heavy (non-hydrogen) atoms. The van der Waals surface area contributed by atoms with E-state index in [-0.39, 0.29) is 0 Å². The van der Waals surface area contributed by atoms with Gasteiger partial charge >= 0.3 is 0 Å². The van der Waals surface area contributed by atoms with E-state index in [9.17, 15) is 5.26 Å². The highest BCUT2D eigenvalue weighted by molar-refractivity contribution is 5.86. The van der Waals surface area contributed by atoms with Gasteiger partial charge in [-0.3, -0.25) is 4.40 Å². The average molecular weight is 406 g/mol. The number of nitrogens with zero attached hydrogens (tertiary/aromatic N) is 4. The number of nitriles is 1. The molecule has 5 nitrogen and oxygen atoms in total. The summed E-state index contributed by atoms with van der Waals surface area (Å²) in [5, 5.41) is 13.7. The van der Waals surface area contributed by atoms with Gasteiger partial charge in [-0.15, -0.1) is 0 Å². The highest BCUT2D eigenvalue weighted by atomic mass is 15.1. The van der Waals surface area contributed by atoms with Crippen LogP contribution in [-0.4, -0.2) is 40.5 Å². The van der Waals surface area contributed by atoms with Gasteiger partial charge in [-0.1, -0.05) is 45.7 Å². The number of para-hydroxylation sites is 2. The van der Waals surface area contributed by atoms with Crippen molar-refractivity contribution >= 4 is 22.5 Å². The lowest BCUT2D eigenvalue weighted by atomic mass is 9.99. The van der Waals surface area contributed by atoms with Gasteiger partial charge in [0.1, 0.15) is 11.9 Å². The summed E-state index contributed by atoms with van der Waals surface area (Å²) >= 11 is 0. The van der Waals surface area contributed by atoms with E-state index in [0.29, 0.717) is 5.56 Å². The zero-order valence-electron chi connectivity index (χ0n) is 19.0. The third-order valence-corrected chi connectivity index (χ3v) is 6.10. The summed E-state index contributed by atoms with van der Waals surface area (Å²) in [5.74, 6) is 1.12. The second kappa shape index (κ2) is 10.4. The summed E-state index contributed by atoms with van der Waals surface area (Å²) in [6, 6.07) is 10.6. The van der Waals surface area contributed by atoms with E-state index >= 15 is 0 Å². The number of hydrogen-bond acceptors (Lipinski definition) is 4. The molecule has 0 aliphatic heterocycles. The fourth-order valence-electron chi connectivity index (χ4n) is 4.28. The molecule has 2 aromatic heterocycles. The van der Waals surface area contributed by atoms with Crippen molar-refractivity contribution in [3.63, 3.8) is 0 Å². The molecule has 1 N–H and O–H groups in total. The molecule has 0 amide bonds. The molecule has 0 saturated heterocycles. The first-order valence-corrected chi connectivity index (χ1v) is 11.4.